The van der Waals surface area contributed by atoms with Crippen LogP contribution in [0.1, 0.15) is 12.0 Å². The van der Waals surface area contributed by atoms with Crippen LogP contribution < -0.4 is 5.32 Å². The fourth-order valence-corrected chi connectivity index (χ4v) is 4.50. The zero-order valence-electron chi connectivity index (χ0n) is 14.9. The summed E-state index contributed by atoms with van der Waals surface area (Å²) in [6, 6.07) is 22.1. The largest absolute Gasteiger partial charge is 0.325 e. The summed E-state index contributed by atoms with van der Waals surface area (Å²) in [5.41, 5.74) is 2.96. The van der Waals surface area contributed by atoms with Gasteiger partial charge in [-0.3, -0.25) is 4.79 Å². The van der Waals surface area contributed by atoms with Crippen molar-refractivity contribution in [2.45, 2.75) is 23.2 Å². The zero-order valence-corrected chi connectivity index (χ0v) is 15.8. The lowest BCUT2D eigenvalue weighted by Gasteiger charge is -2.13. The van der Waals surface area contributed by atoms with Gasteiger partial charge in [0.25, 0.3) is 0 Å². The van der Waals surface area contributed by atoms with Gasteiger partial charge >= 0.3 is 0 Å². The van der Waals surface area contributed by atoms with Gasteiger partial charge in [-0.1, -0.05) is 66.4 Å². The molecule has 0 saturated heterocycles. The molecule has 1 amide bonds. The number of aryl methyl sites for hydroxylation is 1. The summed E-state index contributed by atoms with van der Waals surface area (Å²) in [6.45, 7) is 0. The minimum Gasteiger partial charge on any atom is -0.325 e. The predicted octanol–water partition coefficient (Wildman–Crippen LogP) is 3.86. The number of hydrogen-bond donors (Lipinski definition) is 1. The Balaban J connectivity index is 1.47. The van der Waals surface area contributed by atoms with Crippen molar-refractivity contribution in [1.29, 1.82) is 0 Å². The molecule has 7 heteroatoms. The Morgan fingerprint density at radius 2 is 1.82 bits per heavy atom. The van der Waals surface area contributed by atoms with Crippen LogP contribution in [0.15, 0.2) is 71.9 Å². The third-order valence-corrected chi connectivity index (χ3v) is 6.13. The molecule has 138 valence electrons. The van der Waals surface area contributed by atoms with E-state index in [1.54, 1.807) is 4.68 Å². The Morgan fingerprint density at radius 3 is 2.79 bits per heavy atom. The van der Waals surface area contributed by atoms with Gasteiger partial charge < -0.3 is 5.32 Å². The van der Waals surface area contributed by atoms with Gasteiger partial charge in [0.05, 0.1) is 10.9 Å². The van der Waals surface area contributed by atoms with E-state index in [0.29, 0.717) is 5.16 Å². The van der Waals surface area contributed by atoms with E-state index in [9.17, 15) is 4.79 Å². The van der Waals surface area contributed by atoms with Crippen LogP contribution in [0.4, 0.5) is 5.69 Å². The van der Waals surface area contributed by atoms with E-state index in [1.807, 2.05) is 42.5 Å². The number of rotatable bonds is 3. The molecule has 28 heavy (non-hydrogen) atoms. The Kier molecular flexibility index (Phi) is 4.29. The van der Waals surface area contributed by atoms with Crippen molar-refractivity contribution in [1.82, 2.24) is 20.2 Å². The topological polar surface area (TPSA) is 72.7 Å². The highest BCUT2D eigenvalue weighted by molar-refractivity contribution is 8.00. The van der Waals surface area contributed by atoms with E-state index in [2.05, 4.69) is 45.1 Å². The second-order valence-electron chi connectivity index (χ2n) is 6.66. The number of hydrogen-bond acceptors (Lipinski definition) is 5. The molecule has 1 atom stereocenters. The van der Waals surface area contributed by atoms with Gasteiger partial charge in [0.15, 0.2) is 0 Å². The quantitative estimate of drug-likeness (QED) is 0.578. The molecule has 1 aliphatic rings. The predicted molar refractivity (Wildman–Crippen MR) is 110 cm³/mol. The number of nitrogens with zero attached hydrogens (tertiary/aromatic N) is 4. The zero-order chi connectivity index (χ0) is 18.9. The third-order valence-electron chi connectivity index (χ3n) is 4.93. The molecule has 1 aromatic heterocycles. The molecule has 0 bridgehead atoms. The van der Waals surface area contributed by atoms with Crippen LogP contribution in [0.5, 0.6) is 0 Å². The second kappa shape index (κ2) is 7.09. The average Bonchev–Trinajstić information content (AvgIpc) is 3.12. The van der Waals surface area contributed by atoms with Crippen LogP contribution in [0.3, 0.4) is 0 Å². The monoisotopic (exact) mass is 387 g/mol. The summed E-state index contributed by atoms with van der Waals surface area (Å²) in [5, 5.41) is 17.8. The number of nitrogens with one attached hydrogen (secondary N) is 1. The number of para-hydroxylation sites is 1. The van der Waals surface area contributed by atoms with Gasteiger partial charge in [-0.05, 0) is 46.4 Å². The molecule has 0 aliphatic carbocycles. The minimum atomic E-state index is -0.257. The molecule has 2 heterocycles. The van der Waals surface area contributed by atoms with Crippen molar-refractivity contribution in [3.63, 3.8) is 0 Å². The third kappa shape index (κ3) is 3.03. The maximum absolute atomic E-state index is 12.8. The van der Waals surface area contributed by atoms with Crippen LogP contribution in [0, 0.1) is 0 Å². The maximum atomic E-state index is 12.8. The number of aromatic nitrogens is 4. The Morgan fingerprint density at radius 1 is 1.00 bits per heavy atom. The lowest BCUT2D eigenvalue weighted by molar-refractivity contribution is -0.115. The van der Waals surface area contributed by atoms with Crippen molar-refractivity contribution >= 4 is 34.1 Å². The summed E-state index contributed by atoms with van der Waals surface area (Å²) in [4.78, 5) is 12.8. The van der Waals surface area contributed by atoms with E-state index in [0.717, 1.165) is 40.6 Å². The van der Waals surface area contributed by atoms with E-state index < -0.39 is 0 Å². The first-order chi connectivity index (χ1) is 13.8. The lowest BCUT2D eigenvalue weighted by atomic mass is 10.1. The van der Waals surface area contributed by atoms with Crippen LogP contribution >= 0.6 is 11.8 Å². The van der Waals surface area contributed by atoms with Crippen LogP contribution in [0.2, 0.25) is 0 Å². The van der Waals surface area contributed by atoms with Crippen molar-refractivity contribution in [2.75, 3.05) is 5.32 Å². The second-order valence-corrected chi connectivity index (χ2v) is 7.83. The number of carbonyl (C=O) groups is 1. The average molecular weight is 387 g/mol. The summed E-state index contributed by atoms with van der Waals surface area (Å²) in [7, 11) is 0. The highest BCUT2D eigenvalue weighted by Gasteiger charge is 2.27. The number of fused-ring (bicyclic) bond motifs is 2. The van der Waals surface area contributed by atoms with E-state index in [-0.39, 0.29) is 11.2 Å². The Bertz CT molecular complexity index is 1170. The highest BCUT2D eigenvalue weighted by Crippen LogP contribution is 2.32. The van der Waals surface area contributed by atoms with Gasteiger partial charge in [-0.15, -0.1) is 5.10 Å². The molecule has 1 N–H and O–H groups in total. The smallest absolute Gasteiger partial charge is 0.237 e. The molecule has 5 rings (SSSR count). The summed E-state index contributed by atoms with van der Waals surface area (Å²) >= 11 is 1.41. The summed E-state index contributed by atoms with van der Waals surface area (Å²) < 4.78 is 1.72. The van der Waals surface area contributed by atoms with Crippen molar-refractivity contribution in [3.05, 3.63) is 72.3 Å². The van der Waals surface area contributed by atoms with Crippen molar-refractivity contribution in [2.24, 2.45) is 0 Å². The number of thioether (sulfide) groups is 1. The molecule has 3 aromatic carbocycles. The van der Waals surface area contributed by atoms with Gasteiger partial charge in [0, 0.05) is 11.1 Å². The number of amides is 1. The molecule has 0 fully saturated rings. The van der Waals surface area contributed by atoms with Crippen LogP contribution in [-0.2, 0) is 11.2 Å². The van der Waals surface area contributed by atoms with E-state index in [1.165, 1.54) is 11.8 Å². The first-order valence-corrected chi connectivity index (χ1v) is 9.99. The van der Waals surface area contributed by atoms with Gasteiger partial charge in [-0.25, -0.2) is 0 Å². The summed E-state index contributed by atoms with van der Waals surface area (Å²) in [6.07, 6.45) is 1.57. The minimum absolute atomic E-state index is 0.0116. The van der Waals surface area contributed by atoms with Crippen LogP contribution in [0.25, 0.3) is 16.5 Å². The van der Waals surface area contributed by atoms with Gasteiger partial charge in [-0.2, -0.15) is 4.68 Å². The fraction of sp³-hybridized carbons (Fsp3) is 0.143. The molecule has 0 saturated carbocycles. The molecular formula is C21H17N5OS. The SMILES string of the molecule is O=C1Nc2ccccc2CC[C@@H]1Sc1nnnn1-c1cccc2ccccc12. The van der Waals surface area contributed by atoms with E-state index >= 15 is 0 Å². The van der Waals surface area contributed by atoms with Crippen molar-refractivity contribution in [3.8, 4) is 5.69 Å². The first kappa shape index (κ1) is 16.9. The van der Waals surface area contributed by atoms with Crippen LogP contribution in [-0.4, -0.2) is 31.4 Å². The molecule has 6 nitrogen and oxygen atoms in total. The highest BCUT2D eigenvalue weighted by atomic mass is 32.2. The Labute approximate surface area is 165 Å². The van der Waals surface area contributed by atoms with E-state index in [4.69, 9.17) is 0 Å². The number of tetrazole rings is 1. The normalized spacial score (nSPS) is 16.4. The van der Waals surface area contributed by atoms with Gasteiger partial charge in [0.2, 0.25) is 11.1 Å². The Hall–Kier alpha value is -3.19. The summed E-state index contributed by atoms with van der Waals surface area (Å²) in [5.74, 6) is -0.0116. The van der Waals surface area contributed by atoms with Crippen molar-refractivity contribution < 1.29 is 4.79 Å². The molecule has 0 spiro atoms. The molecule has 1 aliphatic heterocycles. The fourth-order valence-electron chi connectivity index (χ4n) is 3.53. The van der Waals surface area contributed by atoms with Gasteiger partial charge in [0.1, 0.15) is 0 Å². The lowest BCUT2D eigenvalue weighted by Crippen LogP contribution is -2.24. The number of carbonyl (C=O) groups excluding carboxylic acids is 1. The first-order valence-electron chi connectivity index (χ1n) is 9.11. The number of benzene rings is 3. The molecule has 0 unspecified atom stereocenters. The number of anilines is 1. The maximum Gasteiger partial charge on any atom is 0.237 e. The molecule has 0 radical (unpaired) electrons. The molecular weight excluding hydrogens is 370 g/mol. The standard InChI is InChI=1S/C21H17N5OS/c27-20-19(13-12-15-7-2-4-10-17(15)22-20)28-21-23-24-25-26(21)18-11-5-8-14-6-1-3-9-16(14)18/h1-11,19H,12-13H2,(H,22,27)/t19-/m0/s1. The molecule has 4 aromatic rings.